The minimum atomic E-state index is 0.726. The van der Waals surface area contributed by atoms with Crippen LogP contribution in [0.2, 0.25) is 0 Å². The minimum absolute atomic E-state index is 0.726. The summed E-state index contributed by atoms with van der Waals surface area (Å²) in [6.45, 7) is 0.805. The Kier molecular flexibility index (Phi) is 3.97. The van der Waals surface area contributed by atoms with Gasteiger partial charge in [0.05, 0.1) is 0 Å². The second kappa shape index (κ2) is 5.31. The van der Waals surface area contributed by atoms with Crippen LogP contribution in [-0.2, 0) is 4.79 Å². The largest absolute Gasteiger partial charge is 0.319 e. The molecule has 0 saturated heterocycles. The van der Waals surface area contributed by atoms with E-state index in [0.717, 1.165) is 24.1 Å². The second-order valence-corrected chi connectivity index (χ2v) is 2.80. The minimum Gasteiger partial charge on any atom is -0.319 e. The Morgan fingerprint density at radius 3 is 2.62 bits per heavy atom. The summed E-state index contributed by atoms with van der Waals surface area (Å²) >= 11 is 0. The van der Waals surface area contributed by atoms with Crippen molar-refractivity contribution >= 4 is 11.5 Å². The van der Waals surface area contributed by atoms with Crippen LogP contribution in [0.1, 0.15) is 12.0 Å². The zero-order valence-corrected chi connectivity index (χ0v) is 7.71. The van der Waals surface area contributed by atoms with E-state index < -0.39 is 0 Å². The maximum atomic E-state index is 10.6. The van der Waals surface area contributed by atoms with Crippen molar-refractivity contribution in [3.63, 3.8) is 0 Å². The highest BCUT2D eigenvalue weighted by atomic mass is 16.1. The van der Waals surface area contributed by atoms with Crippen molar-refractivity contribution in [2.24, 2.45) is 0 Å². The number of rotatable bonds is 4. The van der Waals surface area contributed by atoms with E-state index in [2.05, 4.69) is 5.32 Å². The fourth-order valence-electron chi connectivity index (χ4n) is 1.14. The Hall–Kier alpha value is -1.37. The van der Waals surface area contributed by atoms with Gasteiger partial charge in [-0.3, -0.25) is 0 Å². The summed E-state index contributed by atoms with van der Waals surface area (Å²) in [5.41, 5.74) is 1.70. The molecule has 68 valence electrons. The van der Waals surface area contributed by atoms with Gasteiger partial charge in [0.15, 0.2) is 0 Å². The number of benzene rings is 1. The fraction of sp³-hybridized carbons (Fsp3) is 0.273. The van der Waals surface area contributed by atoms with E-state index in [1.165, 1.54) is 0 Å². The Morgan fingerprint density at radius 2 is 2.08 bits per heavy atom. The van der Waals surface area contributed by atoms with Gasteiger partial charge in [-0.1, -0.05) is 30.3 Å². The summed E-state index contributed by atoms with van der Waals surface area (Å²) in [6, 6.07) is 9.63. The number of hydrogen-bond donors (Lipinski definition) is 1. The zero-order valence-electron chi connectivity index (χ0n) is 7.71. The van der Waals surface area contributed by atoms with Gasteiger partial charge in [-0.15, -0.1) is 0 Å². The van der Waals surface area contributed by atoms with E-state index in [-0.39, 0.29) is 0 Å². The van der Waals surface area contributed by atoms with Crippen molar-refractivity contribution in [3.8, 4) is 0 Å². The molecule has 0 saturated carbocycles. The lowest BCUT2D eigenvalue weighted by molar-refractivity contribution is 0.569. The van der Waals surface area contributed by atoms with Crippen molar-refractivity contribution < 1.29 is 4.79 Å². The molecule has 0 spiro atoms. The highest BCUT2D eigenvalue weighted by Crippen LogP contribution is 2.13. The number of hydrogen-bond acceptors (Lipinski definition) is 2. The molecule has 0 bridgehead atoms. The molecule has 2 nitrogen and oxygen atoms in total. The quantitative estimate of drug-likeness (QED) is 0.703. The van der Waals surface area contributed by atoms with E-state index in [4.69, 9.17) is 0 Å². The standard InChI is InChI=1S/C11H13NO/c1-12-8-7-11(9-13)10-5-3-2-4-6-10/h2-6,12H,7-8H2,1H3. The molecular weight excluding hydrogens is 162 g/mol. The van der Waals surface area contributed by atoms with Crippen molar-refractivity contribution in [3.05, 3.63) is 35.9 Å². The molecule has 0 heterocycles. The summed E-state index contributed by atoms with van der Waals surface area (Å²) in [4.78, 5) is 10.6. The van der Waals surface area contributed by atoms with Crippen LogP contribution in [0.3, 0.4) is 0 Å². The predicted octanol–water partition coefficient (Wildman–Crippen LogP) is 1.51. The van der Waals surface area contributed by atoms with Gasteiger partial charge < -0.3 is 5.32 Å². The average Bonchev–Trinajstić information content (AvgIpc) is 2.21. The molecule has 1 N–H and O–H groups in total. The van der Waals surface area contributed by atoms with Crippen molar-refractivity contribution in [2.45, 2.75) is 6.42 Å². The van der Waals surface area contributed by atoms with Crippen LogP contribution in [0.4, 0.5) is 0 Å². The van der Waals surface area contributed by atoms with Crippen LogP contribution in [0.15, 0.2) is 30.3 Å². The summed E-state index contributed by atoms with van der Waals surface area (Å²) in [6.07, 6.45) is 0.726. The number of nitrogens with one attached hydrogen (secondary N) is 1. The smallest absolute Gasteiger partial charge is 0.128 e. The van der Waals surface area contributed by atoms with Gasteiger partial charge >= 0.3 is 0 Å². The molecule has 1 aromatic carbocycles. The third-order valence-corrected chi connectivity index (χ3v) is 1.87. The van der Waals surface area contributed by atoms with Crippen LogP contribution in [0.5, 0.6) is 0 Å². The Morgan fingerprint density at radius 1 is 1.38 bits per heavy atom. The van der Waals surface area contributed by atoms with Gasteiger partial charge in [0, 0.05) is 5.57 Å². The van der Waals surface area contributed by atoms with Crippen LogP contribution in [0, 0.1) is 0 Å². The number of carbonyl (C=O) groups excluding carboxylic acids is 1. The molecule has 0 atom stereocenters. The summed E-state index contributed by atoms with van der Waals surface area (Å²) in [5.74, 6) is 1.98. The van der Waals surface area contributed by atoms with Gasteiger partial charge in [-0.2, -0.15) is 0 Å². The van der Waals surface area contributed by atoms with E-state index in [1.807, 2.05) is 43.3 Å². The van der Waals surface area contributed by atoms with Crippen LogP contribution in [0.25, 0.3) is 5.57 Å². The van der Waals surface area contributed by atoms with E-state index in [1.54, 1.807) is 0 Å². The van der Waals surface area contributed by atoms with E-state index in [9.17, 15) is 4.79 Å². The normalized spacial score (nSPS) is 9.31. The summed E-state index contributed by atoms with van der Waals surface area (Å²) < 4.78 is 0. The maximum Gasteiger partial charge on any atom is 0.128 e. The average molecular weight is 175 g/mol. The fourth-order valence-corrected chi connectivity index (χ4v) is 1.14. The van der Waals surface area contributed by atoms with Crippen molar-refractivity contribution in [2.75, 3.05) is 13.6 Å². The molecule has 0 aromatic heterocycles. The highest BCUT2D eigenvalue weighted by molar-refractivity contribution is 5.87. The SMILES string of the molecule is CNCCC(=C=O)c1ccccc1. The van der Waals surface area contributed by atoms with Gasteiger partial charge in [0.1, 0.15) is 5.94 Å². The summed E-state index contributed by atoms with van der Waals surface area (Å²) in [5, 5.41) is 3.00. The first-order valence-corrected chi connectivity index (χ1v) is 4.32. The van der Waals surface area contributed by atoms with E-state index >= 15 is 0 Å². The lowest BCUT2D eigenvalue weighted by Crippen LogP contribution is -2.08. The third kappa shape index (κ3) is 2.86. The molecule has 0 fully saturated rings. The van der Waals surface area contributed by atoms with E-state index in [0.29, 0.717) is 0 Å². The molecule has 13 heavy (non-hydrogen) atoms. The zero-order chi connectivity index (χ0) is 9.52. The van der Waals surface area contributed by atoms with Crippen molar-refractivity contribution in [1.29, 1.82) is 0 Å². The molecule has 1 rings (SSSR count). The lowest BCUT2D eigenvalue weighted by Gasteiger charge is -2.01. The van der Waals surface area contributed by atoms with Crippen LogP contribution >= 0.6 is 0 Å². The van der Waals surface area contributed by atoms with Gasteiger partial charge in [-0.05, 0) is 25.6 Å². The molecule has 0 aliphatic carbocycles. The summed E-state index contributed by atoms with van der Waals surface area (Å²) in [7, 11) is 1.87. The predicted molar refractivity (Wildman–Crippen MR) is 54.1 cm³/mol. The van der Waals surface area contributed by atoms with Crippen LogP contribution < -0.4 is 5.32 Å². The molecule has 0 aliphatic heterocycles. The molecule has 0 amide bonds. The Bertz CT molecular complexity index is 299. The molecule has 1 aromatic rings. The first-order valence-electron chi connectivity index (χ1n) is 4.32. The highest BCUT2D eigenvalue weighted by Gasteiger charge is 2.00. The van der Waals surface area contributed by atoms with Gasteiger partial charge in [0.25, 0.3) is 0 Å². The first-order chi connectivity index (χ1) is 6.38. The van der Waals surface area contributed by atoms with Crippen LogP contribution in [-0.4, -0.2) is 19.5 Å². The molecular formula is C11H13NO. The molecule has 0 unspecified atom stereocenters. The second-order valence-electron chi connectivity index (χ2n) is 2.80. The van der Waals surface area contributed by atoms with Crippen molar-refractivity contribution in [1.82, 2.24) is 5.32 Å². The molecule has 2 heteroatoms. The van der Waals surface area contributed by atoms with Gasteiger partial charge in [-0.25, -0.2) is 4.79 Å². The lowest BCUT2D eigenvalue weighted by atomic mass is 10.0. The Labute approximate surface area is 78.3 Å². The Balaban J connectivity index is 2.75. The van der Waals surface area contributed by atoms with Gasteiger partial charge in [0.2, 0.25) is 0 Å². The molecule has 0 aliphatic rings. The maximum absolute atomic E-state index is 10.6. The topological polar surface area (TPSA) is 29.1 Å². The monoisotopic (exact) mass is 175 g/mol. The first kappa shape index (κ1) is 9.72. The molecule has 0 radical (unpaired) electrons. The third-order valence-electron chi connectivity index (χ3n) is 1.87.